The molecule has 1 amide bonds. The highest BCUT2D eigenvalue weighted by molar-refractivity contribution is 5.76. The fourth-order valence-corrected chi connectivity index (χ4v) is 3.20. The van der Waals surface area contributed by atoms with Crippen LogP contribution < -0.4 is 10.9 Å². The quantitative estimate of drug-likeness (QED) is 0.693. The Morgan fingerprint density at radius 1 is 1.22 bits per heavy atom. The average molecular weight is 367 g/mol. The summed E-state index contributed by atoms with van der Waals surface area (Å²) in [5.74, 6) is 0.591. The van der Waals surface area contributed by atoms with Gasteiger partial charge in [0, 0.05) is 32.5 Å². The van der Waals surface area contributed by atoms with E-state index in [0.29, 0.717) is 30.0 Å². The molecule has 0 spiro atoms. The van der Waals surface area contributed by atoms with Crippen LogP contribution in [-0.2, 0) is 18.4 Å². The summed E-state index contributed by atoms with van der Waals surface area (Å²) >= 11 is 0. The van der Waals surface area contributed by atoms with Crippen molar-refractivity contribution >= 4 is 16.9 Å². The molecule has 0 saturated carbocycles. The van der Waals surface area contributed by atoms with Crippen LogP contribution in [0, 0.1) is 5.92 Å². The smallest absolute Gasteiger partial charge is 0.264 e. The molecule has 1 N–H and O–H groups in total. The van der Waals surface area contributed by atoms with Gasteiger partial charge in [0.15, 0.2) is 5.65 Å². The SMILES string of the molecule is CC(C)[C@@H](CNC(=O)CCn1cnc2c(cnn2C)c1=O)c1ccccc1. The Balaban J connectivity index is 1.60. The van der Waals surface area contributed by atoms with Gasteiger partial charge in [0.05, 0.1) is 12.5 Å². The summed E-state index contributed by atoms with van der Waals surface area (Å²) in [6, 6.07) is 10.2. The first-order valence-corrected chi connectivity index (χ1v) is 9.16. The van der Waals surface area contributed by atoms with Crippen LogP contribution in [0.25, 0.3) is 11.0 Å². The van der Waals surface area contributed by atoms with Crippen molar-refractivity contribution in [1.82, 2.24) is 24.6 Å². The van der Waals surface area contributed by atoms with E-state index in [9.17, 15) is 9.59 Å². The number of nitrogens with one attached hydrogen (secondary N) is 1. The summed E-state index contributed by atoms with van der Waals surface area (Å²) < 4.78 is 3.02. The second-order valence-corrected chi connectivity index (χ2v) is 7.06. The lowest BCUT2D eigenvalue weighted by Crippen LogP contribution is -2.32. The summed E-state index contributed by atoms with van der Waals surface area (Å²) in [4.78, 5) is 29.0. The Morgan fingerprint density at radius 3 is 2.67 bits per heavy atom. The lowest BCUT2D eigenvalue weighted by molar-refractivity contribution is -0.121. The van der Waals surface area contributed by atoms with Gasteiger partial charge in [-0.3, -0.25) is 18.8 Å². The number of carbonyl (C=O) groups is 1. The maximum Gasteiger partial charge on any atom is 0.264 e. The van der Waals surface area contributed by atoms with Gasteiger partial charge < -0.3 is 5.32 Å². The first-order chi connectivity index (χ1) is 13.0. The number of hydrogen-bond acceptors (Lipinski definition) is 4. The van der Waals surface area contributed by atoms with Gasteiger partial charge in [0.1, 0.15) is 5.39 Å². The highest BCUT2D eigenvalue weighted by Gasteiger charge is 2.17. The Hall–Kier alpha value is -2.96. The first-order valence-electron chi connectivity index (χ1n) is 9.16. The minimum Gasteiger partial charge on any atom is -0.355 e. The molecule has 0 unspecified atom stereocenters. The Bertz CT molecular complexity index is 975. The molecule has 1 atom stereocenters. The molecule has 0 radical (unpaired) electrons. The normalized spacial score (nSPS) is 12.4. The number of nitrogens with zero attached hydrogens (tertiary/aromatic N) is 4. The highest BCUT2D eigenvalue weighted by Crippen LogP contribution is 2.23. The molecule has 0 bridgehead atoms. The molecule has 142 valence electrons. The van der Waals surface area contributed by atoms with Crippen molar-refractivity contribution in [2.24, 2.45) is 13.0 Å². The minimum absolute atomic E-state index is 0.0743. The molecule has 0 aliphatic carbocycles. The van der Waals surface area contributed by atoms with Gasteiger partial charge in [0.2, 0.25) is 5.91 Å². The molecule has 3 rings (SSSR count). The lowest BCUT2D eigenvalue weighted by atomic mass is 9.88. The summed E-state index contributed by atoms with van der Waals surface area (Å²) in [5, 5.41) is 7.51. The number of carbonyl (C=O) groups excluding carboxylic acids is 1. The lowest BCUT2D eigenvalue weighted by Gasteiger charge is -2.22. The van der Waals surface area contributed by atoms with Crippen molar-refractivity contribution in [2.45, 2.75) is 32.7 Å². The van der Waals surface area contributed by atoms with Gasteiger partial charge in [0.25, 0.3) is 5.56 Å². The summed E-state index contributed by atoms with van der Waals surface area (Å²) in [5.41, 5.74) is 1.59. The zero-order valence-corrected chi connectivity index (χ0v) is 15.9. The zero-order chi connectivity index (χ0) is 19.4. The van der Waals surface area contributed by atoms with E-state index in [0.717, 1.165) is 0 Å². The standard InChI is InChI=1S/C20H25N5O2/c1-14(2)16(15-7-5-4-6-8-15)11-21-18(26)9-10-25-13-22-19-17(20(25)27)12-23-24(19)3/h4-8,12-14,16H,9-11H2,1-3H3,(H,21,26)/t16-/m1/s1. The number of amides is 1. The molecular formula is C20H25N5O2. The van der Waals surface area contributed by atoms with Gasteiger partial charge >= 0.3 is 0 Å². The summed E-state index contributed by atoms with van der Waals surface area (Å²) in [6.07, 6.45) is 3.21. The number of hydrogen-bond donors (Lipinski definition) is 1. The van der Waals surface area contributed by atoms with Crippen molar-refractivity contribution in [2.75, 3.05) is 6.54 Å². The number of fused-ring (bicyclic) bond motifs is 1. The molecule has 3 aromatic rings. The van der Waals surface area contributed by atoms with Gasteiger partial charge in [-0.25, -0.2) is 4.98 Å². The van der Waals surface area contributed by atoms with E-state index in [2.05, 4.69) is 41.4 Å². The van der Waals surface area contributed by atoms with Crippen molar-refractivity contribution in [3.8, 4) is 0 Å². The van der Waals surface area contributed by atoms with Crippen LogP contribution in [0.1, 0.15) is 31.7 Å². The van der Waals surface area contributed by atoms with E-state index in [1.54, 1.807) is 11.7 Å². The molecule has 2 heterocycles. The third-order valence-corrected chi connectivity index (χ3v) is 4.85. The van der Waals surface area contributed by atoms with Crippen LogP contribution in [0.4, 0.5) is 0 Å². The topological polar surface area (TPSA) is 81.8 Å². The maximum atomic E-state index is 12.4. The molecule has 0 aliphatic heterocycles. The van der Waals surface area contributed by atoms with E-state index >= 15 is 0 Å². The fourth-order valence-electron chi connectivity index (χ4n) is 3.20. The molecule has 0 fully saturated rings. The first kappa shape index (κ1) is 18.8. The number of aromatic nitrogens is 4. The molecule has 0 aliphatic rings. The Morgan fingerprint density at radius 2 is 1.96 bits per heavy atom. The third kappa shape index (κ3) is 4.24. The Labute approximate surface area is 158 Å². The largest absolute Gasteiger partial charge is 0.355 e. The van der Waals surface area contributed by atoms with Gasteiger partial charge in [-0.05, 0) is 11.5 Å². The van der Waals surface area contributed by atoms with Crippen LogP contribution in [-0.4, -0.2) is 31.8 Å². The number of rotatable bonds is 7. The van der Waals surface area contributed by atoms with Crippen molar-refractivity contribution in [1.29, 1.82) is 0 Å². The number of benzene rings is 1. The third-order valence-electron chi connectivity index (χ3n) is 4.85. The van der Waals surface area contributed by atoms with Crippen LogP contribution in [0.15, 0.2) is 47.7 Å². The summed E-state index contributed by atoms with van der Waals surface area (Å²) in [7, 11) is 1.74. The maximum absolute atomic E-state index is 12.4. The molecule has 0 saturated heterocycles. The van der Waals surface area contributed by atoms with Crippen molar-refractivity contribution in [3.05, 3.63) is 58.8 Å². The van der Waals surface area contributed by atoms with Crippen molar-refractivity contribution < 1.29 is 4.79 Å². The summed E-state index contributed by atoms with van der Waals surface area (Å²) in [6.45, 7) is 5.17. The van der Waals surface area contributed by atoms with E-state index in [1.165, 1.54) is 22.7 Å². The van der Waals surface area contributed by atoms with Gasteiger partial charge in [-0.2, -0.15) is 5.10 Å². The number of aryl methyl sites for hydroxylation is 2. The molecular weight excluding hydrogens is 342 g/mol. The van der Waals surface area contributed by atoms with Gasteiger partial charge in [-0.15, -0.1) is 0 Å². The van der Waals surface area contributed by atoms with E-state index < -0.39 is 0 Å². The van der Waals surface area contributed by atoms with Crippen molar-refractivity contribution in [3.63, 3.8) is 0 Å². The average Bonchev–Trinajstić information content (AvgIpc) is 3.04. The molecule has 7 nitrogen and oxygen atoms in total. The van der Waals surface area contributed by atoms with Crippen LogP contribution >= 0.6 is 0 Å². The van der Waals surface area contributed by atoms with E-state index in [1.807, 2.05) is 18.2 Å². The van der Waals surface area contributed by atoms with Crippen LogP contribution in [0.2, 0.25) is 0 Å². The monoisotopic (exact) mass is 367 g/mol. The molecule has 27 heavy (non-hydrogen) atoms. The molecule has 1 aromatic carbocycles. The highest BCUT2D eigenvalue weighted by atomic mass is 16.1. The van der Waals surface area contributed by atoms with Gasteiger partial charge in [-0.1, -0.05) is 44.2 Å². The molecule has 7 heteroatoms. The minimum atomic E-state index is -0.176. The van der Waals surface area contributed by atoms with E-state index in [-0.39, 0.29) is 23.8 Å². The predicted molar refractivity (Wildman–Crippen MR) is 104 cm³/mol. The second-order valence-electron chi connectivity index (χ2n) is 7.06. The van der Waals surface area contributed by atoms with Crippen LogP contribution in [0.5, 0.6) is 0 Å². The van der Waals surface area contributed by atoms with Crippen LogP contribution in [0.3, 0.4) is 0 Å². The zero-order valence-electron chi connectivity index (χ0n) is 15.9. The van der Waals surface area contributed by atoms with E-state index in [4.69, 9.17) is 0 Å². The fraction of sp³-hybridized carbons (Fsp3) is 0.400. The second kappa shape index (κ2) is 8.16. The molecule has 2 aromatic heterocycles. The Kier molecular flexibility index (Phi) is 5.69. The predicted octanol–water partition coefficient (Wildman–Crippen LogP) is 2.08.